The van der Waals surface area contributed by atoms with Crippen LogP contribution in [-0.4, -0.2) is 22.7 Å². The van der Waals surface area contributed by atoms with E-state index in [0.717, 1.165) is 16.6 Å². The Balaban J connectivity index is 1.65. The van der Waals surface area contributed by atoms with Gasteiger partial charge in [0, 0.05) is 41.1 Å². The maximum Gasteiger partial charge on any atom is 0.183 e. The molecule has 5 heteroatoms. The minimum atomic E-state index is 0.588. The summed E-state index contributed by atoms with van der Waals surface area (Å²) in [5.41, 5.74) is 3.40. The molecule has 1 N–H and O–H groups in total. The van der Waals surface area contributed by atoms with Crippen molar-refractivity contribution in [1.82, 2.24) is 9.55 Å². The zero-order valence-corrected chi connectivity index (χ0v) is 15.0. The third-order valence-electron chi connectivity index (χ3n) is 4.91. The Morgan fingerprint density at radius 1 is 1.25 bits per heavy atom. The molecule has 1 aliphatic rings. The summed E-state index contributed by atoms with van der Waals surface area (Å²) in [6.07, 6.45) is 8.72. The van der Waals surface area contributed by atoms with E-state index in [-0.39, 0.29) is 0 Å². The van der Waals surface area contributed by atoms with Crippen LogP contribution in [0.4, 0.5) is 5.13 Å². The van der Waals surface area contributed by atoms with Crippen LogP contribution in [-0.2, 0) is 7.05 Å². The van der Waals surface area contributed by atoms with Crippen molar-refractivity contribution in [3.63, 3.8) is 0 Å². The first-order valence-electron chi connectivity index (χ1n) is 8.60. The molecule has 3 aromatic rings. The van der Waals surface area contributed by atoms with Crippen LogP contribution in [0.15, 0.2) is 29.8 Å². The Bertz CT molecular complexity index is 846. The lowest BCUT2D eigenvalue weighted by molar-refractivity contribution is 0.415. The predicted molar refractivity (Wildman–Crippen MR) is 101 cm³/mol. The minimum Gasteiger partial charge on any atom is -0.497 e. The second-order valence-electron chi connectivity index (χ2n) is 6.55. The summed E-state index contributed by atoms with van der Waals surface area (Å²) in [4.78, 5) is 4.85. The lowest BCUT2D eigenvalue weighted by atomic mass is 9.96. The summed E-state index contributed by atoms with van der Waals surface area (Å²) < 4.78 is 7.54. The number of ether oxygens (including phenoxy) is 1. The fraction of sp³-hybridized carbons (Fsp3) is 0.421. The number of rotatable bonds is 4. The van der Waals surface area contributed by atoms with E-state index in [2.05, 4.69) is 40.6 Å². The van der Waals surface area contributed by atoms with E-state index in [0.29, 0.717) is 6.04 Å². The predicted octanol–water partition coefficient (Wildman–Crippen LogP) is 5.06. The maximum atomic E-state index is 5.39. The van der Waals surface area contributed by atoms with Crippen molar-refractivity contribution < 1.29 is 4.74 Å². The first-order chi connectivity index (χ1) is 11.7. The molecule has 4 nitrogen and oxygen atoms in total. The van der Waals surface area contributed by atoms with Crippen LogP contribution in [0.2, 0.25) is 0 Å². The molecule has 0 atom stereocenters. The van der Waals surface area contributed by atoms with Gasteiger partial charge in [0.2, 0.25) is 0 Å². The largest absolute Gasteiger partial charge is 0.497 e. The van der Waals surface area contributed by atoms with Crippen molar-refractivity contribution in [2.45, 2.75) is 38.1 Å². The average molecular weight is 341 g/mol. The molecule has 0 radical (unpaired) electrons. The Morgan fingerprint density at radius 2 is 2.08 bits per heavy atom. The molecule has 2 aromatic heterocycles. The molecule has 2 heterocycles. The molecular formula is C19H23N3OS. The van der Waals surface area contributed by atoms with Crippen LogP contribution < -0.4 is 10.1 Å². The molecule has 24 heavy (non-hydrogen) atoms. The Hall–Kier alpha value is -2.01. The van der Waals surface area contributed by atoms with Crippen LogP contribution in [0, 0.1) is 0 Å². The number of nitrogens with one attached hydrogen (secondary N) is 1. The van der Waals surface area contributed by atoms with Crippen LogP contribution in [0.5, 0.6) is 5.75 Å². The molecule has 1 saturated carbocycles. The number of benzene rings is 1. The molecule has 0 aliphatic heterocycles. The normalized spacial score (nSPS) is 15.8. The van der Waals surface area contributed by atoms with Crippen molar-refractivity contribution in [2.75, 3.05) is 12.4 Å². The second-order valence-corrected chi connectivity index (χ2v) is 7.41. The molecule has 1 fully saturated rings. The van der Waals surface area contributed by atoms with Gasteiger partial charge in [-0.3, -0.25) is 0 Å². The first kappa shape index (κ1) is 15.5. The number of aryl methyl sites for hydroxylation is 1. The van der Waals surface area contributed by atoms with E-state index in [1.807, 2.05) is 6.07 Å². The molecule has 126 valence electrons. The fourth-order valence-corrected chi connectivity index (χ4v) is 4.38. The van der Waals surface area contributed by atoms with Gasteiger partial charge in [-0.15, -0.1) is 11.3 Å². The number of nitrogens with zero attached hydrogens (tertiary/aromatic N) is 2. The van der Waals surface area contributed by atoms with Gasteiger partial charge in [-0.05, 0) is 31.0 Å². The summed E-state index contributed by atoms with van der Waals surface area (Å²) in [6.45, 7) is 0. The van der Waals surface area contributed by atoms with Gasteiger partial charge in [0.15, 0.2) is 5.13 Å². The molecular weight excluding hydrogens is 318 g/mol. The maximum absolute atomic E-state index is 5.39. The molecule has 0 saturated heterocycles. The highest BCUT2D eigenvalue weighted by Crippen LogP contribution is 2.34. The summed E-state index contributed by atoms with van der Waals surface area (Å²) in [5, 5.41) is 8.00. The van der Waals surface area contributed by atoms with Gasteiger partial charge in [0.05, 0.1) is 12.8 Å². The summed E-state index contributed by atoms with van der Waals surface area (Å²) in [5.74, 6) is 0.880. The first-order valence-corrected chi connectivity index (χ1v) is 9.48. The molecule has 0 unspecified atom stereocenters. The van der Waals surface area contributed by atoms with Crippen molar-refractivity contribution in [2.24, 2.45) is 7.05 Å². The smallest absolute Gasteiger partial charge is 0.183 e. The number of methoxy groups -OCH3 is 1. The van der Waals surface area contributed by atoms with Gasteiger partial charge in [-0.2, -0.15) is 0 Å². The van der Waals surface area contributed by atoms with E-state index >= 15 is 0 Å². The lowest BCUT2D eigenvalue weighted by Gasteiger charge is -2.22. The SMILES string of the molecule is COc1ccc2c(c1)c(-c1csc(NC3CCCCC3)n1)cn2C. The van der Waals surface area contributed by atoms with Gasteiger partial charge in [0.1, 0.15) is 5.75 Å². The topological polar surface area (TPSA) is 39.1 Å². The molecule has 1 aliphatic carbocycles. The number of hydrogen-bond acceptors (Lipinski definition) is 4. The minimum absolute atomic E-state index is 0.588. The Morgan fingerprint density at radius 3 is 2.88 bits per heavy atom. The molecule has 1 aromatic carbocycles. The quantitative estimate of drug-likeness (QED) is 0.721. The molecule has 0 spiro atoms. The van der Waals surface area contributed by atoms with Gasteiger partial charge >= 0.3 is 0 Å². The Kier molecular flexibility index (Phi) is 4.19. The zero-order valence-electron chi connectivity index (χ0n) is 14.2. The zero-order chi connectivity index (χ0) is 16.5. The highest BCUT2D eigenvalue weighted by Gasteiger charge is 2.16. The van der Waals surface area contributed by atoms with E-state index < -0.39 is 0 Å². The molecule has 0 amide bonds. The standard InChI is InChI=1S/C19H23N3OS/c1-22-11-16(15-10-14(23-2)8-9-18(15)22)17-12-24-19(21-17)20-13-6-4-3-5-7-13/h8-13H,3-7H2,1-2H3,(H,20,21). The third kappa shape index (κ3) is 2.88. The highest BCUT2D eigenvalue weighted by molar-refractivity contribution is 7.14. The Labute approximate surface area is 146 Å². The van der Waals surface area contributed by atoms with Crippen molar-refractivity contribution >= 4 is 27.4 Å². The number of anilines is 1. The molecule has 0 bridgehead atoms. The monoisotopic (exact) mass is 341 g/mol. The van der Waals surface area contributed by atoms with Gasteiger partial charge < -0.3 is 14.6 Å². The third-order valence-corrected chi connectivity index (χ3v) is 5.68. The van der Waals surface area contributed by atoms with Crippen molar-refractivity contribution in [3.8, 4) is 17.0 Å². The number of thiazole rings is 1. The second kappa shape index (κ2) is 6.48. The number of aromatic nitrogens is 2. The number of hydrogen-bond donors (Lipinski definition) is 1. The lowest BCUT2D eigenvalue weighted by Crippen LogP contribution is -2.21. The van der Waals surface area contributed by atoms with E-state index in [1.165, 1.54) is 48.6 Å². The van der Waals surface area contributed by atoms with Gasteiger partial charge in [-0.1, -0.05) is 19.3 Å². The summed E-state index contributed by atoms with van der Waals surface area (Å²) >= 11 is 1.70. The van der Waals surface area contributed by atoms with Crippen LogP contribution in [0.1, 0.15) is 32.1 Å². The van der Waals surface area contributed by atoms with E-state index in [1.54, 1.807) is 18.4 Å². The van der Waals surface area contributed by atoms with Crippen LogP contribution >= 0.6 is 11.3 Å². The van der Waals surface area contributed by atoms with E-state index in [4.69, 9.17) is 9.72 Å². The fourth-order valence-electron chi connectivity index (χ4n) is 3.59. The average Bonchev–Trinajstić information content (AvgIpc) is 3.20. The van der Waals surface area contributed by atoms with Gasteiger partial charge in [-0.25, -0.2) is 4.98 Å². The van der Waals surface area contributed by atoms with Crippen LogP contribution in [0.25, 0.3) is 22.2 Å². The van der Waals surface area contributed by atoms with Crippen LogP contribution in [0.3, 0.4) is 0 Å². The molecule has 4 rings (SSSR count). The van der Waals surface area contributed by atoms with Crippen molar-refractivity contribution in [3.05, 3.63) is 29.8 Å². The van der Waals surface area contributed by atoms with Crippen molar-refractivity contribution in [1.29, 1.82) is 0 Å². The summed E-state index contributed by atoms with van der Waals surface area (Å²) in [7, 11) is 3.78. The summed E-state index contributed by atoms with van der Waals surface area (Å²) in [6, 6.07) is 6.79. The van der Waals surface area contributed by atoms with E-state index in [9.17, 15) is 0 Å². The highest BCUT2D eigenvalue weighted by atomic mass is 32.1. The number of fused-ring (bicyclic) bond motifs is 1. The van der Waals surface area contributed by atoms with Gasteiger partial charge in [0.25, 0.3) is 0 Å².